The second kappa shape index (κ2) is 13.2. The SMILES string of the molecule is CCCCCC1CCC(CCCCc2ccc(OCCCC)cc2)CC1. The van der Waals surface area contributed by atoms with E-state index < -0.39 is 0 Å². The number of benzene rings is 1. The average Bonchev–Trinajstić information content (AvgIpc) is 2.68. The first-order valence-electron chi connectivity index (χ1n) is 11.5. The molecule has 1 fully saturated rings. The van der Waals surface area contributed by atoms with E-state index in [0.717, 1.165) is 30.6 Å². The van der Waals surface area contributed by atoms with Crippen molar-refractivity contribution < 1.29 is 4.74 Å². The van der Waals surface area contributed by atoms with Crippen molar-refractivity contribution in [2.75, 3.05) is 6.61 Å². The summed E-state index contributed by atoms with van der Waals surface area (Å²) in [6.45, 7) is 5.36. The quantitative estimate of drug-likeness (QED) is 0.325. The number of hydrogen-bond acceptors (Lipinski definition) is 1. The Labute approximate surface area is 162 Å². The van der Waals surface area contributed by atoms with Crippen LogP contribution in [0, 0.1) is 11.8 Å². The van der Waals surface area contributed by atoms with Gasteiger partial charge in [-0.25, -0.2) is 0 Å². The number of rotatable bonds is 13. The summed E-state index contributed by atoms with van der Waals surface area (Å²) in [5.74, 6) is 3.10. The van der Waals surface area contributed by atoms with Gasteiger partial charge in [0.1, 0.15) is 5.75 Å². The van der Waals surface area contributed by atoms with E-state index in [1.54, 1.807) is 0 Å². The van der Waals surface area contributed by atoms with Gasteiger partial charge in [0.05, 0.1) is 6.61 Å². The van der Waals surface area contributed by atoms with E-state index in [1.165, 1.54) is 89.0 Å². The third-order valence-corrected chi connectivity index (χ3v) is 6.20. The lowest BCUT2D eigenvalue weighted by molar-refractivity contribution is 0.245. The van der Waals surface area contributed by atoms with Crippen molar-refractivity contribution in [1.29, 1.82) is 0 Å². The minimum Gasteiger partial charge on any atom is -0.494 e. The van der Waals surface area contributed by atoms with Gasteiger partial charge in [-0.2, -0.15) is 0 Å². The largest absolute Gasteiger partial charge is 0.494 e. The molecule has 0 heterocycles. The highest BCUT2D eigenvalue weighted by atomic mass is 16.5. The van der Waals surface area contributed by atoms with Gasteiger partial charge in [0.25, 0.3) is 0 Å². The highest BCUT2D eigenvalue weighted by Crippen LogP contribution is 2.34. The van der Waals surface area contributed by atoms with Crippen LogP contribution in [0.2, 0.25) is 0 Å². The molecule has 0 atom stereocenters. The van der Waals surface area contributed by atoms with Crippen LogP contribution in [-0.2, 0) is 6.42 Å². The lowest BCUT2D eigenvalue weighted by atomic mass is 9.78. The van der Waals surface area contributed by atoms with Crippen molar-refractivity contribution in [2.24, 2.45) is 11.8 Å². The fourth-order valence-corrected chi connectivity index (χ4v) is 4.34. The zero-order valence-electron chi connectivity index (χ0n) is 17.5. The number of unbranched alkanes of at least 4 members (excludes halogenated alkanes) is 4. The summed E-state index contributed by atoms with van der Waals surface area (Å²) >= 11 is 0. The van der Waals surface area contributed by atoms with Gasteiger partial charge in [-0.3, -0.25) is 0 Å². The van der Waals surface area contributed by atoms with Crippen molar-refractivity contribution in [3.05, 3.63) is 29.8 Å². The molecule has 0 unspecified atom stereocenters. The molecule has 0 N–H and O–H groups in total. The summed E-state index contributed by atoms with van der Waals surface area (Å²) in [6.07, 6.45) is 19.5. The molecule has 1 aliphatic rings. The Kier molecular flexibility index (Phi) is 10.8. The van der Waals surface area contributed by atoms with Crippen molar-refractivity contribution in [3.63, 3.8) is 0 Å². The maximum absolute atomic E-state index is 5.75. The molecule has 0 saturated heterocycles. The molecule has 148 valence electrons. The fraction of sp³-hybridized carbons (Fsp3) is 0.760. The third-order valence-electron chi connectivity index (χ3n) is 6.20. The molecular formula is C25H42O. The minimum atomic E-state index is 0.844. The maximum Gasteiger partial charge on any atom is 0.119 e. The smallest absolute Gasteiger partial charge is 0.119 e. The average molecular weight is 359 g/mol. The molecule has 0 aromatic heterocycles. The van der Waals surface area contributed by atoms with Gasteiger partial charge in [-0.1, -0.05) is 96.6 Å². The van der Waals surface area contributed by atoms with E-state index in [0.29, 0.717) is 0 Å². The number of aryl methyl sites for hydroxylation is 1. The Bertz CT molecular complexity index is 442. The Balaban J connectivity index is 1.52. The van der Waals surface area contributed by atoms with Crippen molar-refractivity contribution in [3.8, 4) is 5.75 Å². The molecule has 1 heteroatoms. The van der Waals surface area contributed by atoms with Crippen LogP contribution < -0.4 is 4.74 Å². The fourth-order valence-electron chi connectivity index (χ4n) is 4.34. The van der Waals surface area contributed by atoms with Gasteiger partial charge in [0, 0.05) is 0 Å². The van der Waals surface area contributed by atoms with Crippen molar-refractivity contribution >= 4 is 0 Å². The Morgan fingerprint density at radius 2 is 1.31 bits per heavy atom. The van der Waals surface area contributed by atoms with Crippen molar-refractivity contribution in [2.45, 2.75) is 104 Å². The van der Waals surface area contributed by atoms with Crippen LogP contribution in [0.4, 0.5) is 0 Å². The molecule has 0 bridgehead atoms. The minimum absolute atomic E-state index is 0.844. The molecule has 1 aromatic carbocycles. The van der Waals surface area contributed by atoms with Gasteiger partial charge in [-0.05, 0) is 48.8 Å². The van der Waals surface area contributed by atoms with Crippen LogP contribution in [0.3, 0.4) is 0 Å². The van der Waals surface area contributed by atoms with E-state index in [-0.39, 0.29) is 0 Å². The van der Waals surface area contributed by atoms with Crippen LogP contribution in [-0.4, -0.2) is 6.61 Å². The van der Waals surface area contributed by atoms with Gasteiger partial charge >= 0.3 is 0 Å². The topological polar surface area (TPSA) is 9.23 Å². The Hall–Kier alpha value is -0.980. The number of hydrogen-bond donors (Lipinski definition) is 0. The summed E-state index contributed by atoms with van der Waals surface area (Å²) in [4.78, 5) is 0. The summed E-state index contributed by atoms with van der Waals surface area (Å²) < 4.78 is 5.75. The first-order valence-corrected chi connectivity index (χ1v) is 11.5. The third kappa shape index (κ3) is 8.60. The van der Waals surface area contributed by atoms with Crippen LogP contribution in [0.25, 0.3) is 0 Å². The van der Waals surface area contributed by atoms with Gasteiger partial charge < -0.3 is 4.74 Å². The van der Waals surface area contributed by atoms with E-state index in [9.17, 15) is 0 Å². The van der Waals surface area contributed by atoms with E-state index >= 15 is 0 Å². The molecule has 0 radical (unpaired) electrons. The normalized spacial score (nSPS) is 20.2. The zero-order chi connectivity index (χ0) is 18.5. The van der Waals surface area contributed by atoms with Gasteiger partial charge in [0.2, 0.25) is 0 Å². The molecule has 1 saturated carbocycles. The van der Waals surface area contributed by atoms with Crippen LogP contribution in [0.1, 0.15) is 103 Å². The Morgan fingerprint density at radius 3 is 1.88 bits per heavy atom. The monoisotopic (exact) mass is 358 g/mol. The molecule has 2 rings (SSSR count). The molecule has 0 aliphatic heterocycles. The molecule has 26 heavy (non-hydrogen) atoms. The molecule has 0 amide bonds. The second-order valence-corrected chi connectivity index (χ2v) is 8.47. The van der Waals surface area contributed by atoms with Crippen LogP contribution in [0.5, 0.6) is 5.75 Å². The summed E-state index contributed by atoms with van der Waals surface area (Å²) in [5, 5.41) is 0. The van der Waals surface area contributed by atoms with E-state index in [1.807, 2.05) is 0 Å². The maximum atomic E-state index is 5.75. The molecule has 1 aliphatic carbocycles. The molecule has 0 spiro atoms. The van der Waals surface area contributed by atoms with Gasteiger partial charge in [-0.15, -0.1) is 0 Å². The first kappa shape index (κ1) is 21.3. The summed E-state index contributed by atoms with van der Waals surface area (Å²) in [7, 11) is 0. The highest BCUT2D eigenvalue weighted by Gasteiger charge is 2.20. The zero-order valence-corrected chi connectivity index (χ0v) is 17.5. The van der Waals surface area contributed by atoms with E-state index in [4.69, 9.17) is 4.74 Å². The van der Waals surface area contributed by atoms with Crippen LogP contribution in [0.15, 0.2) is 24.3 Å². The second-order valence-electron chi connectivity index (χ2n) is 8.47. The molecule has 1 aromatic rings. The highest BCUT2D eigenvalue weighted by molar-refractivity contribution is 5.27. The summed E-state index contributed by atoms with van der Waals surface area (Å²) in [5.41, 5.74) is 1.47. The van der Waals surface area contributed by atoms with E-state index in [2.05, 4.69) is 38.1 Å². The standard InChI is InChI=1S/C25H42O/c1-3-5-7-10-22-13-15-23(16-14-22)11-8-9-12-24-17-19-25(20-18-24)26-21-6-4-2/h17-20,22-23H,3-16,21H2,1-2H3. The predicted molar refractivity (Wildman–Crippen MR) is 114 cm³/mol. The number of ether oxygens (including phenoxy) is 1. The molecular weight excluding hydrogens is 316 g/mol. The van der Waals surface area contributed by atoms with Crippen LogP contribution >= 0.6 is 0 Å². The predicted octanol–water partition coefficient (Wildman–Crippen LogP) is 7.97. The van der Waals surface area contributed by atoms with Gasteiger partial charge in [0.15, 0.2) is 0 Å². The molecule has 1 nitrogen and oxygen atoms in total. The lowest BCUT2D eigenvalue weighted by Crippen LogP contribution is -2.14. The lowest BCUT2D eigenvalue weighted by Gasteiger charge is -2.28. The Morgan fingerprint density at radius 1 is 0.731 bits per heavy atom. The van der Waals surface area contributed by atoms with Crippen molar-refractivity contribution in [1.82, 2.24) is 0 Å². The first-order chi connectivity index (χ1) is 12.8. The summed E-state index contributed by atoms with van der Waals surface area (Å²) in [6, 6.07) is 8.79.